The molecular formula is C13H22BNP. The van der Waals surface area contributed by atoms with E-state index in [1.807, 2.05) is 0 Å². The Hall–Kier alpha value is -0.325. The Balaban J connectivity index is 0.00000225. The Morgan fingerprint density at radius 2 is 1.44 bits per heavy atom. The lowest BCUT2D eigenvalue weighted by atomic mass is 10.1. The van der Waals surface area contributed by atoms with Gasteiger partial charge in [-0.1, -0.05) is 31.5 Å². The van der Waals surface area contributed by atoms with Gasteiger partial charge in [-0.15, -0.1) is 0 Å². The SMILES string of the molecule is CCN(CC)Pc1c(C)cc(C)cc1C.[B]. The molecule has 3 radical (unpaired) electrons. The highest BCUT2D eigenvalue weighted by molar-refractivity contribution is 7.44. The summed E-state index contributed by atoms with van der Waals surface area (Å²) in [7, 11) is 0.823. The zero-order valence-electron chi connectivity index (χ0n) is 11.1. The van der Waals surface area contributed by atoms with Gasteiger partial charge in [0.1, 0.15) is 0 Å². The van der Waals surface area contributed by atoms with Gasteiger partial charge < -0.3 is 0 Å². The molecule has 1 aromatic rings. The fraction of sp³-hybridized carbons (Fsp3) is 0.538. The van der Waals surface area contributed by atoms with Gasteiger partial charge in [0.05, 0.1) is 0 Å². The van der Waals surface area contributed by atoms with E-state index in [2.05, 4.69) is 51.4 Å². The smallest absolute Gasteiger partial charge is 0 e. The van der Waals surface area contributed by atoms with E-state index >= 15 is 0 Å². The quantitative estimate of drug-likeness (QED) is 0.572. The molecule has 0 saturated heterocycles. The van der Waals surface area contributed by atoms with Crippen molar-refractivity contribution in [2.45, 2.75) is 34.6 Å². The summed E-state index contributed by atoms with van der Waals surface area (Å²) in [6.45, 7) is 13.4. The molecule has 0 bridgehead atoms. The zero-order valence-corrected chi connectivity index (χ0v) is 12.1. The Morgan fingerprint density at radius 1 is 1.00 bits per heavy atom. The molecule has 0 saturated carbocycles. The standard InChI is InChI=1S/C13H22NP.B/c1-6-14(7-2)15-13-11(4)8-10(3)9-12(13)5;/h8-9,15H,6-7H2,1-5H3;. The van der Waals surface area contributed by atoms with Gasteiger partial charge in [0.15, 0.2) is 0 Å². The van der Waals surface area contributed by atoms with Crippen LogP contribution in [0.25, 0.3) is 0 Å². The minimum Gasteiger partial charge on any atom is -0.281 e. The summed E-state index contributed by atoms with van der Waals surface area (Å²) in [5.41, 5.74) is 4.26. The molecule has 1 atom stereocenters. The maximum atomic E-state index is 2.49. The van der Waals surface area contributed by atoms with Crippen LogP contribution in [0.1, 0.15) is 30.5 Å². The van der Waals surface area contributed by atoms with E-state index in [4.69, 9.17) is 0 Å². The largest absolute Gasteiger partial charge is 0.281 e. The number of aryl methyl sites for hydroxylation is 3. The molecule has 1 unspecified atom stereocenters. The molecule has 3 heteroatoms. The second kappa shape index (κ2) is 7.09. The highest BCUT2D eigenvalue weighted by Gasteiger charge is 2.07. The molecule has 1 nitrogen and oxygen atoms in total. The molecule has 0 aliphatic heterocycles. The highest BCUT2D eigenvalue weighted by atomic mass is 31.1. The number of hydrogen-bond acceptors (Lipinski definition) is 1. The summed E-state index contributed by atoms with van der Waals surface area (Å²) in [5.74, 6) is 0. The van der Waals surface area contributed by atoms with E-state index < -0.39 is 0 Å². The maximum absolute atomic E-state index is 2.49. The van der Waals surface area contributed by atoms with Crippen LogP contribution in [0, 0.1) is 20.8 Å². The first-order valence-corrected chi connectivity index (χ1v) is 6.62. The van der Waals surface area contributed by atoms with E-state index in [0.717, 1.165) is 21.8 Å². The van der Waals surface area contributed by atoms with Gasteiger partial charge in [-0.05, 0) is 59.0 Å². The fourth-order valence-corrected chi connectivity index (χ4v) is 3.03. The Kier molecular flexibility index (Phi) is 6.95. The first-order valence-electron chi connectivity index (χ1n) is 5.67. The van der Waals surface area contributed by atoms with Gasteiger partial charge in [0, 0.05) is 8.41 Å². The Bertz CT molecular complexity index is 312. The minimum atomic E-state index is 0. The van der Waals surface area contributed by atoms with Crippen molar-refractivity contribution in [3.8, 4) is 0 Å². The second-order valence-corrected chi connectivity index (χ2v) is 5.41. The third kappa shape index (κ3) is 3.92. The van der Waals surface area contributed by atoms with E-state index in [1.54, 1.807) is 0 Å². The molecule has 0 aliphatic carbocycles. The topological polar surface area (TPSA) is 3.24 Å². The van der Waals surface area contributed by atoms with Crippen LogP contribution in [0.2, 0.25) is 0 Å². The average Bonchev–Trinajstić information content (AvgIpc) is 2.17. The van der Waals surface area contributed by atoms with Crippen molar-refractivity contribution in [1.29, 1.82) is 0 Å². The average molecular weight is 234 g/mol. The lowest BCUT2D eigenvalue weighted by Gasteiger charge is -2.21. The zero-order chi connectivity index (χ0) is 11.4. The second-order valence-electron chi connectivity index (χ2n) is 4.06. The molecule has 0 aliphatic rings. The summed E-state index contributed by atoms with van der Waals surface area (Å²) in [6.07, 6.45) is 0. The number of benzene rings is 1. The van der Waals surface area contributed by atoms with Gasteiger partial charge in [-0.2, -0.15) is 0 Å². The van der Waals surface area contributed by atoms with Crippen molar-refractivity contribution in [3.05, 3.63) is 28.8 Å². The summed E-state index contributed by atoms with van der Waals surface area (Å²) in [4.78, 5) is 0. The molecular weight excluding hydrogens is 212 g/mol. The van der Waals surface area contributed by atoms with Crippen molar-refractivity contribution < 1.29 is 0 Å². The fourth-order valence-electron chi connectivity index (χ4n) is 1.90. The van der Waals surface area contributed by atoms with Gasteiger partial charge in [-0.25, -0.2) is 0 Å². The summed E-state index contributed by atoms with van der Waals surface area (Å²) in [5, 5.41) is 1.53. The molecule has 0 N–H and O–H groups in total. The number of nitrogens with zero attached hydrogens (tertiary/aromatic N) is 1. The third-order valence-corrected chi connectivity index (χ3v) is 4.67. The molecule has 16 heavy (non-hydrogen) atoms. The van der Waals surface area contributed by atoms with Crippen LogP contribution in [0.5, 0.6) is 0 Å². The van der Waals surface area contributed by atoms with Crippen LogP contribution in [0.15, 0.2) is 12.1 Å². The van der Waals surface area contributed by atoms with Gasteiger partial charge in [-0.3, -0.25) is 4.67 Å². The van der Waals surface area contributed by atoms with Crippen molar-refractivity contribution in [2.24, 2.45) is 0 Å². The van der Waals surface area contributed by atoms with Crippen molar-refractivity contribution in [2.75, 3.05) is 13.1 Å². The Labute approximate surface area is 104 Å². The molecule has 0 heterocycles. The maximum Gasteiger partial charge on any atom is 0 e. The van der Waals surface area contributed by atoms with E-state index in [-0.39, 0.29) is 8.41 Å². The van der Waals surface area contributed by atoms with Crippen LogP contribution in [0.4, 0.5) is 0 Å². The predicted octanol–water partition coefficient (Wildman–Crippen LogP) is 2.79. The van der Waals surface area contributed by atoms with Crippen LogP contribution in [-0.2, 0) is 0 Å². The molecule has 87 valence electrons. The van der Waals surface area contributed by atoms with Crippen LogP contribution in [-0.4, -0.2) is 26.2 Å². The first-order chi connectivity index (χ1) is 7.08. The molecule has 0 amide bonds. The lowest BCUT2D eigenvalue weighted by Crippen LogP contribution is -2.19. The van der Waals surface area contributed by atoms with Crippen molar-refractivity contribution >= 4 is 22.4 Å². The highest BCUT2D eigenvalue weighted by Crippen LogP contribution is 2.22. The minimum absolute atomic E-state index is 0. The Morgan fingerprint density at radius 3 is 1.81 bits per heavy atom. The first kappa shape index (κ1) is 15.7. The van der Waals surface area contributed by atoms with Crippen LogP contribution >= 0.6 is 8.73 Å². The lowest BCUT2D eigenvalue weighted by molar-refractivity contribution is 0.519. The normalized spacial score (nSPS) is 11.1. The monoisotopic (exact) mass is 234 g/mol. The third-order valence-electron chi connectivity index (χ3n) is 2.71. The van der Waals surface area contributed by atoms with Crippen LogP contribution < -0.4 is 5.30 Å². The molecule has 0 aromatic heterocycles. The number of hydrogen-bond donors (Lipinski definition) is 0. The predicted molar refractivity (Wildman–Crippen MR) is 77.3 cm³/mol. The van der Waals surface area contributed by atoms with E-state index in [9.17, 15) is 0 Å². The molecule has 0 spiro atoms. The van der Waals surface area contributed by atoms with E-state index in [0.29, 0.717) is 0 Å². The summed E-state index contributed by atoms with van der Waals surface area (Å²) < 4.78 is 2.49. The van der Waals surface area contributed by atoms with Gasteiger partial charge in [0.2, 0.25) is 0 Å². The van der Waals surface area contributed by atoms with Crippen LogP contribution in [0.3, 0.4) is 0 Å². The van der Waals surface area contributed by atoms with E-state index in [1.165, 1.54) is 22.0 Å². The number of rotatable bonds is 4. The van der Waals surface area contributed by atoms with Gasteiger partial charge >= 0.3 is 0 Å². The molecule has 1 aromatic carbocycles. The summed E-state index contributed by atoms with van der Waals surface area (Å²) >= 11 is 0. The molecule has 1 rings (SSSR count). The van der Waals surface area contributed by atoms with Crippen molar-refractivity contribution in [3.63, 3.8) is 0 Å². The van der Waals surface area contributed by atoms with Crippen molar-refractivity contribution in [1.82, 2.24) is 4.67 Å². The van der Waals surface area contributed by atoms with Gasteiger partial charge in [0.25, 0.3) is 0 Å². The molecule has 0 fully saturated rings. The summed E-state index contributed by atoms with van der Waals surface area (Å²) in [6, 6.07) is 4.58.